The molecule has 0 rings (SSSR count). The van der Waals surface area contributed by atoms with Gasteiger partial charge in [0.15, 0.2) is 6.10 Å². The molecule has 0 bridgehead atoms. The molecule has 0 amide bonds. The van der Waals surface area contributed by atoms with Crippen LogP contribution < -0.4 is 0 Å². The Kier molecular flexibility index (Phi) is 35.7. The molecule has 0 aromatic heterocycles. The molecule has 0 saturated carbocycles. The van der Waals surface area contributed by atoms with Crippen molar-refractivity contribution in [3.05, 3.63) is 24.3 Å². The third-order valence-corrected chi connectivity index (χ3v) is 9.53. The zero-order chi connectivity index (χ0) is 37.7. The highest BCUT2D eigenvalue weighted by Gasteiger charge is 2.27. The summed E-state index contributed by atoms with van der Waals surface area (Å²) in [6.45, 7) is 2.33. The smallest absolute Gasteiger partial charge is 0.462 e. The van der Waals surface area contributed by atoms with Crippen molar-refractivity contribution in [3.8, 4) is 0 Å². The molecule has 3 N–H and O–H groups in total. The van der Waals surface area contributed by atoms with Crippen molar-refractivity contribution in [1.82, 2.24) is 0 Å². The first-order valence-electron chi connectivity index (χ1n) is 20.3. The lowest BCUT2D eigenvalue weighted by molar-refractivity contribution is -0.161. The maximum absolute atomic E-state index is 12.5. The van der Waals surface area contributed by atoms with Gasteiger partial charge in [-0.15, -0.1) is 0 Å². The number of phosphoric acid groups is 1. The van der Waals surface area contributed by atoms with Crippen molar-refractivity contribution in [1.29, 1.82) is 0 Å². The summed E-state index contributed by atoms with van der Waals surface area (Å²) >= 11 is 0. The topological polar surface area (TPSA) is 149 Å². The van der Waals surface area contributed by atoms with Crippen molar-refractivity contribution in [2.75, 3.05) is 26.4 Å². The Labute approximate surface area is 310 Å². The molecule has 0 aromatic rings. The number of hydrogen-bond donors (Lipinski definition) is 3. The maximum atomic E-state index is 12.5. The van der Waals surface area contributed by atoms with Crippen LogP contribution in [-0.4, -0.2) is 65.7 Å². The summed E-state index contributed by atoms with van der Waals surface area (Å²) in [5, 5.41) is 18.3. The van der Waals surface area contributed by atoms with Crippen LogP contribution in [-0.2, 0) is 32.7 Å². The van der Waals surface area contributed by atoms with E-state index in [2.05, 4.69) is 42.7 Å². The van der Waals surface area contributed by atoms with Gasteiger partial charge in [-0.25, -0.2) is 4.57 Å². The highest BCUT2D eigenvalue weighted by atomic mass is 31.2. The van der Waals surface area contributed by atoms with Crippen LogP contribution in [0.15, 0.2) is 24.3 Å². The van der Waals surface area contributed by atoms with E-state index < -0.39 is 51.8 Å². The molecule has 0 saturated heterocycles. The fraction of sp³-hybridized carbons (Fsp3) is 0.850. The average Bonchev–Trinajstić information content (AvgIpc) is 3.12. The van der Waals surface area contributed by atoms with Crippen LogP contribution >= 0.6 is 7.82 Å². The lowest BCUT2D eigenvalue weighted by atomic mass is 10.1. The molecule has 1 unspecified atom stereocenters. The van der Waals surface area contributed by atoms with Gasteiger partial charge in [0.2, 0.25) is 0 Å². The summed E-state index contributed by atoms with van der Waals surface area (Å²) in [5.41, 5.74) is 0. The minimum absolute atomic E-state index is 0.153. The predicted molar refractivity (Wildman–Crippen MR) is 205 cm³/mol. The fourth-order valence-corrected chi connectivity index (χ4v) is 6.18. The van der Waals surface area contributed by atoms with Crippen molar-refractivity contribution in [3.63, 3.8) is 0 Å². The Morgan fingerprint density at radius 1 is 0.569 bits per heavy atom. The Morgan fingerprint density at radius 3 is 1.45 bits per heavy atom. The van der Waals surface area contributed by atoms with E-state index in [1.54, 1.807) is 0 Å². The molecular formula is C40H75O10P. The van der Waals surface area contributed by atoms with E-state index in [1.807, 2.05) is 0 Å². The Balaban J connectivity index is 4.37. The first kappa shape index (κ1) is 49.5. The Hall–Kier alpha value is -1.55. The largest absolute Gasteiger partial charge is 0.472 e. The number of aliphatic hydroxyl groups excluding tert-OH is 2. The van der Waals surface area contributed by atoms with E-state index in [1.165, 1.54) is 89.9 Å². The van der Waals surface area contributed by atoms with E-state index in [0.717, 1.165) is 51.4 Å². The fourth-order valence-electron chi connectivity index (χ4n) is 5.39. The number of rotatable bonds is 38. The van der Waals surface area contributed by atoms with Crippen LogP contribution in [0.4, 0.5) is 0 Å². The normalized spacial score (nSPS) is 14.2. The molecule has 51 heavy (non-hydrogen) atoms. The van der Waals surface area contributed by atoms with Crippen molar-refractivity contribution in [2.45, 2.75) is 193 Å². The molecule has 0 aliphatic heterocycles. The summed E-state index contributed by atoms with van der Waals surface area (Å²) in [6, 6.07) is 0. The van der Waals surface area contributed by atoms with Gasteiger partial charge >= 0.3 is 19.8 Å². The molecule has 11 heteroatoms. The van der Waals surface area contributed by atoms with Crippen molar-refractivity contribution >= 4 is 19.8 Å². The van der Waals surface area contributed by atoms with Gasteiger partial charge in [-0.2, -0.15) is 0 Å². The summed E-state index contributed by atoms with van der Waals surface area (Å²) < 4.78 is 32.6. The van der Waals surface area contributed by atoms with Gasteiger partial charge in [-0.1, -0.05) is 128 Å². The van der Waals surface area contributed by atoms with Crippen molar-refractivity contribution < 1.29 is 47.8 Å². The predicted octanol–water partition coefficient (Wildman–Crippen LogP) is 10.2. The highest BCUT2D eigenvalue weighted by molar-refractivity contribution is 7.47. The number of aliphatic hydroxyl groups is 2. The van der Waals surface area contributed by atoms with Crippen LogP contribution in [0, 0.1) is 0 Å². The van der Waals surface area contributed by atoms with E-state index in [9.17, 15) is 24.2 Å². The van der Waals surface area contributed by atoms with Crippen LogP contribution in [0.25, 0.3) is 0 Å². The van der Waals surface area contributed by atoms with Crippen LogP contribution in [0.2, 0.25) is 0 Å². The molecule has 3 atom stereocenters. The summed E-state index contributed by atoms with van der Waals surface area (Å²) in [6.07, 6.45) is 34.3. The number of esters is 2. The van der Waals surface area contributed by atoms with Crippen LogP contribution in [0.1, 0.15) is 181 Å². The van der Waals surface area contributed by atoms with Gasteiger partial charge in [-0.3, -0.25) is 18.6 Å². The maximum Gasteiger partial charge on any atom is 0.472 e. The van der Waals surface area contributed by atoms with Crippen LogP contribution in [0.3, 0.4) is 0 Å². The van der Waals surface area contributed by atoms with Gasteiger partial charge in [0.05, 0.1) is 19.8 Å². The molecule has 0 aliphatic rings. The molecule has 0 aliphatic carbocycles. The lowest BCUT2D eigenvalue weighted by Crippen LogP contribution is -2.29. The van der Waals surface area contributed by atoms with E-state index in [-0.39, 0.29) is 19.4 Å². The average molecular weight is 747 g/mol. The molecule has 0 heterocycles. The van der Waals surface area contributed by atoms with Gasteiger partial charge in [-0.05, 0) is 64.2 Å². The van der Waals surface area contributed by atoms with E-state index >= 15 is 0 Å². The molecule has 0 fully saturated rings. The van der Waals surface area contributed by atoms with Gasteiger partial charge in [0, 0.05) is 12.8 Å². The summed E-state index contributed by atoms with van der Waals surface area (Å²) in [7, 11) is -4.62. The van der Waals surface area contributed by atoms with Gasteiger partial charge in [0.25, 0.3) is 0 Å². The summed E-state index contributed by atoms with van der Waals surface area (Å²) in [5.74, 6) is -0.962. The minimum atomic E-state index is -4.62. The number of hydrogen-bond acceptors (Lipinski definition) is 9. The molecule has 0 radical (unpaired) electrons. The van der Waals surface area contributed by atoms with Gasteiger partial charge < -0.3 is 24.6 Å². The zero-order valence-corrected chi connectivity index (χ0v) is 33.2. The number of phosphoric ester groups is 1. The zero-order valence-electron chi connectivity index (χ0n) is 32.3. The first-order chi connectivity index (χ1) is 24.7. The molecule has 0 aromatic carbocycles. The van der Waals surface area contributed by atoms with Crippen LogP contribution in [0.5, 0.6) is 0 Å². The Morgan fingerprint density at radius 2 is 0.961 bits per heavy atom. The third-order valence-electron chi connectivity index (χ3n) is 8.58. The molecule has 10 nitrogen and oxygen atoms in total. The number of allylic oxidation sites excluding steroid dienone is 4. The van der Waals surface area contributed by atoms with Crippen molar-refractivity contribution in [2.24, 2.45) is 0 Å². The second kappa shape index (κ2) is 36.8. The van der Waals surface area contributed by atoms with Gasteiger partial charge in [0.1, 0.15) is 12.7 Å². The second-order valence-corrected chi connectivity index (χ2v) is 15.1. The lowest BCUT2D eigenvalue weighted by Gasteiger charge is -2.20. The van der Waals surface area contributed by atoms with E-state index in [0.29, 0.717) is 12.8 Å². The number of unbranched alkanes of at least 4 members (excludes halogenated alkanes) is 20. The Bertz CT molecular complexity index is 910. The monoisotopic (exact) mass is 747 g/mol. The molecule has 300 valence electrons. The van der Waals surface area contributed by atoms with E-state index in [4.69, 9.17) is 19.1 Å². The standard InChI is InChI=1S/C40H75O10P/c1-3-5-7-9-11-13-15-17-18-20-21-23-25-27-29-31-39(43)47-35-38(36-49-51(45,46)48-34-37(42)33-41)50-40(44)32-30-28-26-24-22-19-16-14-12-10-8-6-4-2/h18,20,22,24,37-38,41-42H,3-17,19,21,23,25-36H2,1-2H3,(H,45,46)/b20-18+,24-22+/t37-,38-/m0/s1. The quantitative estimate of drug-likeness (QED) is 0.0241. The number of ether oxygens (including phenoxy) is 2. The SMILES string of the molecule is CCCCCCCCC/C=C/CCCCCCC(=O)OC[C@@H](COP(=O)(O)OC[C@@H](O)CO)OC(=O)CCCC/C=C/CCCCCCCCC. The number of carbonyl (C=O) groups excluding carboxylic acids is 2. The molecule has 0 spiro atoms. The minimum Gasteiger partial charge on any atom is -0.462 e. The molecular weight excluding hydrogens is 671 g/mol. The second-order valence-electron chi connectivity index (χ2n) is 13.7. The third kappa shape index (κ3) is 36.6. The highest BCUT2D eigenvalue weighted by Crippen LogP contribution is 2.43. The summed E-state index contributed by atoms with van der Waals surface area (Å²) in [4.78, 5) is 34.8. The first-order valence-corrected chi connectivity index (χ1v) is 21.8. The number of carbonyl (C=O) groups is 2.